The maximum absolute atomic E-state index is 6.66. The number of benzene rings is 3. The molecule has 1 aromatic heterocycles. The molecule has 0 saturated carbocycles. The van der Waals surface area contributed by atoms with Crippen LogP contribution in [-0.4, -0.2) is 21.9 Å². The van der Waals surface area contributed by atoms with Gasteiger partial charge >= 0.3 is 0 Å². The minimum absolute atomic E-state index is 0.256. The molecule has 2 aliphatic heterocycles. The van der Waals surface area contributed by atoms with E-state index in [4.69, 9.17) is 21.1 Å². The molecule has 6 nitrogen and oxygen atoms in total. The summed E-state index contributed by atoms with van der Waals surface area (Å²) in [5.41, 5.74) is 4.88. The number of ether oxygens (including phenoxy) is 2. The van der Waals surface area contributed by atoms with Crippen molar-refractivity contribution in [1.29, 1.82) is 0 Å². The SMILES string of the molecule is COc1cccc([C@@H]2C3=C(Nc4ncnn42)c2ccccc2O[C@H]3c2ccccc2Cl)c1. The lowest BCUT2D eigenvalue weighted by molar-refractivity contribution is 0.223. The largest absolute Gasteiger partial charge is 0.497 e. The van der Waals surface area contributed by atoms with Gasteiger partial charge in [0.1, 0.15) is 23.9 Å². The third-order valence-corrected chi connectivity index (χ3v) is 6.26. The average molecular weight is 443 g/mol. The van der Waals surface area contributed by atoms with Crippen molar-refractivity contribution in [3.63, 3.8) is 0 Å². The van der Waals surface area contributed by atoms with E-state index in [-0.39, 0.29) is 6.04 Å². The topological polar surface area (TPSA) is 61.2 Å². The number of nitrogens with one attached hydrogen (secondary N) is 1. The van der Waals surface area contributed by atoms with Crippen LogP contribution < -0.4 is 14.8 Å². The lowest BCUT2D eigenvalue weighted by Gasteiger charge is -2.39. The summed E-state index contributed by atoms with van der Waals surface area (Å²) in [6.45, 7) is 0. The van der Waals surface area contributed by atoms with Gasteiger partial charge in [0.25, 0.3) is 0 Å². The van der Waals surface area contributed by atoms with E-state index in [1.165, 1.54) is 0 Å². The summed E-state index contributed by atoms with van der Waals surface area (Å²) in [7, 11) is 1.67. The van der Waals surface area contributed by atoms with Gasteiger partial charge in [-0.05, 0) is 35.9 Å². The number of rotatable bonds is 3. The van der Waals surface area contributed by atoms with E-state index in [1.807, 2.05) is 65.3 Å². The van der Waals surface area contributed by atoms with Crippen LogP contribution >= 0.6 is 11.6 Å². The Morgan fingerprint density at radius 2 is 1.88 bits per heavy atom. The van der Waals surface area contributed by atoms with Crippen molar-refractivity contribution in [3.05, 3.63) is 106 Å². The second-order valence-corrected chi connectivity index (χ2v) is 8.09. The van der Waals surface area contributed by atoms with Crippen molar-refractivity contribution in [1.82, 2.24) is 14.8 Å². The van der Waals surface area contributed by atoms with Gasteiger partial charge in [0.2, 0.25) is 5.95 Å². The molecular formula is C25H19ClN4O2. The van der Waals surface area contributed by atoms with Gasteiger partial charge in [-0.2, -0.15) is 10.1 Å². The number of halogens is 1. The standard InChI is InChI=1S/C25H19ClN4O2/c1-31-16-8-6-7-15(13-16)23-21-22(29-25-27-14-28-30(23)25)18-10-3-5-12-20(18)32-24(21)17-9-2-4-11-19(17)26/h2-14,23-24H,1H3,(H,27,28,29)/t23-,24+/m1/s1. The third-order valence-electron chi connectivity index (χ3n) is 5.92. The van der Waals surface area contributed by atoms with E-state index in [9.17, 15) is 0 Å². The summed E-state index contributed by atoms with van der Waals surface area (Å²) in [5, 5.41) is 8.69. The summed E-state index contributed by atoms with van der Waals surface area (Å²) < 4.78 is 14.0. The molecule has 0 amide bonds. The van der Waals surface area contributed by atoms with Gasteiger partial charge in [-0.25, -0.2) is 4.68 Å². The van der Waals surface area contributed by atoms with Crippen molar-refractivity contribution in [2.45, 2.75) is 12.1 Å². The predicted octanol–water partition coefficient (Wildman–Crippen LogP) is 5.50. The number of para-hydroxylation sites is 1. The van der Waals surface area contributed by atoms with Crippen LogP contribution in [0.2, 0.25) is 5.02 Å². The molecule has 0 unspecified atom stereocenters. The van der Waals surface area contributed by atoms with E-state index >= 15 is 0 Å². The average Bonchev–Trinajstić information content (AvgIpc) is 3.31. The predicted molar refractivity (Wildman–Crippen MR) is 123 cm³/mol. The molecule has 0 saturated heterocycles. The Morgan fingerprint density at radius 1 is 1.03 bits per heavy atom. The van der Waals surface area contributed by atoms with Crippen LogP contribution in [0, 0.1) is 0 Å². The first kappa shape index (κ1) is 19.0. The Bertz CT molecular complexity index is 1360. The van der Waals surface area contributed by atoms with Gasteiger partial charge in [0.05, 0.1) is 12.8 Å². The summed E-state index contributed by atoms with van der Waals surface area (Å²) in [6, 6.07) is 23.5. The molecule has 2 atom stereocenters. The van der Waals surface area contributed by atoms with E-state index < -0.39 is 6.10 Å². The van der Waals surface area contributed by atoms with Crippen LogP contribution in [0.4, 0.5) is 5.95 Å². The van der Waals surface area contributed by atoms with Gasteiger partial charge in [0, 0.05) is 21.7 Å². The molecule has 32 heavy (non-hydrogen) atoms. The highest BCUT2D eigenvalue weighted by molar-refractivity contribution is 6.31. The van der Waals surface area contributed by atoms with E-state index in [2.05, 4.69) is 27.5 Å². The zero-order valence-electron chi connectivity index (χ0n) is 17.2. The van der Waals surface area contributed by atoms with E-state index in [0.717, 1.165) is 39.5 Å². The Morgan fingerprint density at radius 3 is 2.75 bits per heavy atom. The minimum atomic E-state index is -0.408. The third kappa shape index (κ3) is 2.87. The van der Waals surface area contributed by atoms with Crippen LogP contribution in [0.3, 0.4) is 0 Å². The highest BCUT2D eigenvalue weighted by Gasteiger charge is 2.41. The number of hydrogen-bond donors (Lipinski definition) is 1. The molecule has 3 heterocycles. The molecule has 4 aromatic rings. The zero-order valence-corrected chi connectivity index (χ0v) is 18.0. The maximum atomic E-state index is 6.66. The fraction of sp³-hybridized carbons (Fsp3) is 0.120. The minimum Gasteiger partial charge on any atom is -0.497 e. The molecule has 0 radical (unpaired) electrons. The molecule has 0 aliphatic carbocycles. The van der Waals surface area contributed by atoms with Crippen LogP contribution in [0.5, 0.6) is 11.5 Å². The number of methoxy groups -OCH3 is 1. The van der Waals surface area contributed by atoms with Gasteiger partial charge < -0.3 is 14.8 Å². The molecular weight excluding hydrogens is 424 g/mol. The number of hydrogen-bond acceptors (Lipinski definition) is 5. The summed E-state index contributed by atoms with van der Waals surface area (Å²) in [5.74, 6) is 2.24. The first-order valence-corrected chi connectivity index (χ1v) is 10.7. The van der Waals surface area contributed by atoms with Crippen molar-refractivity contribution in [2.24, 2.45) is 0 Å². The lowest BCUT2D eigenvalue weighted by Crippen LogP contribution is -2.32. The van der Waals surface area contributed by atoms with Crippen LogP contribution in [-0.2, 0) is 0 Å². The molecule has 0 bridgehead atoms. The van der Waals surface area contributed by atoms with Crippen LogP contribution in [0.15, 0.2) is 84.7 Å². The van der Waals surface area contributed by atoms with Crippen LogP contribution in [0.25, 0.3) is 5.70 Å². The molecule has 7 heteroatoms. The number of nitrogens with zero attached hydrogens (tertiary/aromatic N) is 3. The van der Waals surface area contributed by atoms with E-state index in [0.29, 0.717) is 11.0 Å². The zero-order chi connectivity index (χ0) is 21.7. The summed E-state index contributed by atoms with van der Waals surface area (Å²) >= 11 is 6.66. The first-order valence-electron chi connectivity index (χ1n) is 10.3. The molecule has 2 aliphatic rings. The van der Waals surface area contributed by atoms with Gasteiger partial charge in [-0.15, -0.1) is 0 Å². The normalized spacial score (nSPS) is 18.7. The Labute approximate surface area is 190 Å². The summed E-state index contributed by atoms with van der Waals surface area (Å²) in [6.07, 6.45) is 1.15. The Kier molecular flexibility index (Phi) is 4.40. The molecule has 0 fully saturated rings. The molecule has 1 N–H and O–H groups in total. The number of anilines is 1. The van der Waals surface area contributed by atoms with Gasteiger partial charge in [0.15, 0.2) is 6.10 Å². The fourth-order valence-electron chi connectivity index (χ4n) is 4.50. The van der Waals surface area contributed by atoms with Gasteiger partial charge in [-0.1, -0.05) is 54.1 Å². The highest BCUT2D eigenvalue weighted by atomic mass is 35.5. The molecule has 0 spiro atoms. The summed E-state index contributed by atoms with van der Waals surface area (Å²) in [4.78, 5) is 4.46. The van der Waals surface area contributed by atoms with Crippen molar-refractivity contribution in [3.8, 4) is 11.5 Å². The molecule has 6 rings (SSSR count). The highest BCUT2D eigenvalue weighted by Crippen LogP contribution is 2.51. The Balaban J connectivity index is 1.64. The number of fused-ring (bicyclic) bond motifs is 3. The second kappa shape index (κ2) is 7.43. The van der Waals surface area contributed by atoms with Gasteiger partial charge in [-0.3, -0.25) is 0 Å². The monoisotopic (exact) mass is 442 g/mol. The van der Waals surface area contributed by atoms with Crippen molar-refractivity contribution in [2.75, 3.05) is 12.4 Å². The lowest BCUT2D eigenvalue weighted by atomic mass is 9.84. The van der Waals surface area contributed by atoms with Crippen molar-refractivity contribution >= 4 is 23.2 Å². The quantitative estimate of drug-likeness (QED) is 0.454. The number of aromatic nitrogens is 3. The Hall–Kier alpha value is -3.77. The van der Waals surface area contributed by atoms with E-state index in [1.54, 1.807) is 13.4 Å². The molecule has 158 valence electrons. The fourth-order valence-corrected chi connectivity index (χ4v) is 4.73. The smallest absolute Gasteiger partial charge is 0.226 e. The first-order chi connectivity index (χ1) is 15.7. The maximum Gasteiger partial charge on any atom is 0.226 e. The molecule has 3 aromatic carbocycles. The van der Waals surface area contributed by atoms with Crippen LogP contribution in [0.1, 0.15) is 28.8 Å². The van der Waals surface area contributed by atoms with Crippen molar-refractivity contribution < 1.29 is 9.47 Å². The second-order valence-electron chi connectivity index (χ2n) is 7.68.